The first kappa shape index (κ1) is 12.2. The third-order valence-electron chi connectivity index (χ3n) is 3.37. The van der Waals surface area contributed by atoms with Gasteiger partial charge in [0.05, 0.1) is 4.92 Å². The van der Waals surface area contributed by atoms with E-state index in [4.69, 9.17) is 0 Å². The van der Waals surface area contributed by atoms with Crippen molar-refractivity contribution in [3.8, 4) is 0 Å². The van der Waals surface area contributed by atoms with E-state index in [1.807, 2.05) is 0 Å². The lowest BCUT2D eigenvalue weighted by molar-refractivity contribution is -0.385. The molecule has 90 valence electrons. The molecule has 0 N–H and O–H groups in total. The molecule has 1 saturated carbocycles. The number of nitrogens with zero attached hydrogens (tertiary/aromatic N) is 1. The zero-order valence-electron chi connectivity index (χ0n) is 9.40. The van der Waals surface area contributed by atoms with Crippen molar-refractivity contribution in [2.75, 3.05) is 0 Å². The van der Waals surface area contributed by atoms with Crippen molar-refractivity contribution in [3.63, 3.8) is 0 Å². The Balaban J connectivity index is 2.33. The molecular weight excluding hydrogens is 286 g/mol. The zero-order valence-corrected chi connectivity index (χ0v) is 11.0. The summed E-state index contributed by atoms with van der Waals surface area (Å²) in [4.78, 5) is 22.1. The Morgan fingerprint density at radius 3 is 2.65 bits per heavy atom. The van der Waals surface area contributed by atoms with E-state index in [1.165, 1.54) is 6.07 Å². The Morgan fingerprint density at radius 1 is 1.53 bits per heavy atom. The van der Waals surface area contributed by atoms with Gasteiger partial charge < -0.3 is 0 Å². The molecule has 4 nitrogen and oxygen atoms in total. The molecule has 1 fully saturated rings. The lowest BCUT2D eigenvalue weighted by atomic mass is 9.92. The van der Waals surface area contributed by atoms with Crippen molar-refractivity contribution in [2.24, 2.45) is 5.41 Å². The van der Waals surface area contributed by atoms with E-state index in [2.05, 4.69) is 15.9 Å². The van der Waals surface area contributed by atoms with Crippen molar-refractivity contribution in [1.82, 2.24) is 0 Å². The van der Waals surface area contributed by atoms with Gasteiger partial charge in [-0.05, 0) is 32.3 Å². The van der Waals surface area contributed by atoms with Gasteiger partial charge in [0.15, 0.2) is 0 Å². The van der Waals surface area contributed by atoms with E-state index in [1.54, 1.807) is 19.1 Å². The number of Topliss-reactive ketones (excluding diaryl/α,β-unsaturated/α-hetero) is 1. The molecule has 2 rings (SSSR count). The minimum Gasteiger partial charge on any atom is -0.299 e. The first-order valence-corrected chi connectivity index (χ1v) is 6.18. The summed E-state index contributed by atoms with van der Waals surface area (Å²) < 4.78 is 0.681. The van der Waals surface area contributed by atoms with E-state index < -0.39 is 4.92 Å². The summed E-state index contributed by atoms with van der Waals surface area (Å²) in [5.41, 5.74) is 0.399. The Bertz CT molecular complexity index is 495. The molecule has 0 heterocycles. The number of carbonyl (C=O) groups is 1. The molecule has 0 bridgehead atoms. The van der Waals surface area contributed by atoms with Crippen molar-refractivity contribution in [2.45, 2.75) is 26.2 Å². The third-order valence-corrected chi connectivity index (χ3v) is 3.87. The number of halogens is 1. The molecule has 0 unspecified atom stereocenters. The Labute approximate surface area is 107 Å². The van der Waals surface area contributed by atoms with Crippen molar-refractivity contribution in [1.29, 1.82) is 0 Å². The van der Waals surface area contributed by atoms with Gasteiger partial charge in [-0.3, -0.25) is 14.9 Å². The fourth-order valence-corrected chi connectivity index (χ4v) is 2.37. The van der Waals surface area contributed by atoms with E-state index >= 15 is 0 Å². The maximum absolute atomic E-state index is 11.5. The average molecular weight is 298 g/mol. The number of nitro benzene ring substituents is 1. The smallest absolute Gasteiger partial charge is 0.273 e. The highest BCUT2D eigenvalue weighted by Crippen LogP contribution is 2.50. The van der Waals surface area contributed by atoms with Crippen LogP contribution in [0.5, 0.6) is 0 Å². The van der Waals surface area contributed by atoms with Crippen LogP contribution in [0.15, 0.2) is 22.7 Å². The van der Waals surface area contributed by atoms with Gasteiger partial charge in [0.2, 0.25) is 0 Å². The molecule has 0 spiro atoms. The van der Waals surface area contributed by atoms with Gasteiger partial charge >= 0.3 is 0 Å². The molecule has 5 heteroatoms. The summed E-state index contributed by atoms with van der Waals surface area (Å²) in [6.45, 7) is 1.57. The molecule has 0 amide bonds. The maximum atomic E-state index is 11.5. The molecule has 0 atom stereocenters. The SMILES string of the molecule is CC(=O)C1(Cc2ccc(Br)cc2[N+](=O)[O-])CC1. The van der Waals surface area contributed by atoms with Gasteiger partial charge in [0.1, 0.15) is 5.78 Å². The summed E-state index contributed by atoms with van der Waals surface area (Å²) in [5, 5.41) is 10.9. The molecule has 0 radical (unpaired) electrons. The average Bonchev–Trinajstić information content (AvgIpc) is 3.01. The lowest BCUT2D eigenvalue weighted by Gasteiger charge is -2.11. The normalized spacial score (nSPS) is 16.6. The van der Waals surface area contributed by atoms with Crippen LogP contribution in [0.25, 0.3) is 0 Å². The van der Waals surface area contributed by atoms with Gasteiger partial charge in [-0.1, -0.05) is 22.0 Å². The van der Waals surface area contributed by atoms with Crippen molar-refractivity contribution < 1.29 is 9.72 Å². The van der Waals surface area contributed by atoms with Gasteiger partial charge in [0, 0.05) is 21.5 Å². The highest BCUT2D eigenvalue weighted by molar-refractivity contribution is 9.10. The molecule has 1 aromatic carbocycles. The number of hydrogen-bond acceptors (Lipinski definition) is 3. The van der Waals surface area contributed by atoms with E-state index in [9.17, 15) is 14.9 Å². The van der Waals surface area contributed by atoms with Crippen molar-refractivity contribution >= 4 is 27.4 Å². The largest absolute Gasteiger partial charge is 0.299 e. The van der Waals surface area contributed by atoms with Crippen LogP contribution in [0.4, 0.5) is 5.69 Å². The summed E-state index contributed by atoms with van der Waals surface area (Å²) in [5.74, 6) is 0.134. The van der Waals surface area contributed by atoms with E-state index in [0.717, 1.165) is 12.8 Å². The van der Waals surface area contributed by atoms with Crippen LogP contribution >= 0.6 is 15.9 Å². The molecule has 17 heavy (non-hydrogen) atoms. The summed E-state index contributed by atoms with van der Waals surface area (Å²) in [7, 11) is 0. The minimum absolute atomic E-state index is 0.0897. The minimum atomic E-state index is -0.393. The second kappa shape index (κ2) is 4.22. The molecule has 0 saturated heterocycles. The topological polar surface area (TPSA) is 60.2 Å². The van der Waals surface area contributed by atoms with Crippen LogP contribution in [0.3, 0.4) is 0 Å². The number of carbonyl (C=O) groups excluding carboxylic acids is 1. The maximum Gasteiger partial charge on any atom is 0.273 e. The predicted octanol–water partition coefficient (Wildman–Crippen LogP) is 3.27. The fraction of sp³-hybridized carbons (Fsp3) is 0.417. The number of rotatable bonds is 4. The van der Waals surface area contributed by atoms with Crippen LogP contribution in [-0.4, -0.2) is 10.7 Å². The van der Waals surface area contributed by atoms with Crippen LogP contribution in [0, 0.1) is 15.5 Å². The molecular formula is C12H12BrNO3. The molecule has 1 aliphatic rings. The first-order valence-electron chi connectivity index (χ1n) is 5.38. The van der Waals surface area contributed by atoms with Crippen LogP contribution in [0.2, 0.25) is 0 Å². The van der Waals surface area contributed by atoms with Crippen LogP contribution in [-0.2, 0) is 11.2 Å². The Kier molecular flexibility index (Phi) is 3.03. The predicted molar refractivity (Wildman–Crippen MR) is 66.8 cm³/mol. The Morgan fingerprint density at radius 2 is 2.18 bits per heavy atom. The van der Waals surface area contributed by atoms with Gasteiger partial charge in [-0.25, -0.2) is 0 Å². The molecule has 1 aliphatic carbocycles. The zero-order chi connectivity index (χ0) is 12.6. The second-order valence-corrected chi connectivity index (χ2v) is 5.46. The molecule has 1 aromatic rings. The fourth-order valence-electron chi connectivity index (χ4n) is 2.03. The molecule has 0 aromatic heterocycles. The number of hydrogen-bond donors (Lipinski definition) is 0. The van der Waals surface area contributed by atoms with Crippen LogP contribution < -0.4 is 0 Å². The monoisotopic (exact) mass is 297 g/mol. The summed E-state index contributed by atoms with van der Waals surface area (Å²) in [6.07, 6.45) is 2.16. The van der Waals surface area contributed by atoms with Gasteiger partial charge in [0.25, 0.3) is 5.69 Å². The number of nitro groups is 1. The highest BCUT2D eigenvalue weighted by Gasteiger charge is 2.47. The lowest BCUT2D eigenvalue weighted by Crippen LogP contribution is -2.15. The van der Waals surface area contributed by atoms with Gasteiger partial charge in [-0.15, -0.1) is 0 Å². The first-order chi connectivity index (χ1) is 7.94. The third kappa shape index (κ3) is 2.39. The quantitative estimate of drug-likeness (QED) is 0.633. The molecule has 0 aliphatic heterocycles. The number of benzene rings is 1. The van der Waals surface area contributed by atoms with Gasteiger partial charge in [-0.2, -0.15) is 0 Å². The Hall–Kier alpha value is -1.23. The summed E-state index contributed by atoms with van der Waals surface area (Å²) in [6, 6.07) is 5.00. The second-order valence-electron chi connectivity index (χ2n) is 4.54. The van der Waals surface area contributed by atoms with Crippen molar-refractivity contribution in [3.05, 3.63) is 38.3 Å². The standard InChI is InChI=1S/C12H12BrNO3/c1-8(15)12(4-5-12)7-9-2-3-10(13)6-11(9)14(16)17/h2-3,6H,4-5,7H2,1H3. The highest BCUT2D eigenvalue weighted by atomic mass is 79.9. The number of ketones is 1. The van der Waals surface area contributed by atoms with Crippen LogP contribution in [0.1, 0.15) is 25.3 Å². The summed E-state index contributed by atoms with van der Waals surface area (Å²) >= 11 is 3.22. The van der Waals surface area contributed by atoms with E-state index in [-0.39, 0.29) is 16.9 Å². The van der Waals surface area contributed by atoms with E-state index in [0.29, 0.717) is 16.5 Å².